The topological polar surface area (TPSA) is 73.2 Å². The Morgan fingerprint density at radius 1 is 1.26 bits per heavy atom. The molecule has 1 saturated heterocycles. The number of aliphatic imine (C=N–C) groups is 1. The standard InChI is InChI=1S/C21H26ClN3O3S2.BrH/c1-5-15(2)25-20(23-17-9-7-6-8-10-17)29-14-21(25,26)16-11-12-18(22)19(13-16)30(27,28)24(3)4;/h6-13,15,26H,5,14H2,1-4H3;1H. The van der Waals surface area contributed by atoms with Crippen LogP contribution in [0.4, 0.5) is 5.69 Å². The third kappa shape index (κ3) is 5.12. The van der Waals surface area contributed by atoms with Gasteiger partial charge in [0, 0.05) is 25.7 Å². The molecule has 0 aliphatic carbocycles. The lowest BCUT2D eigenvalue weighted by atomic mass is 10.0. The molecule has 2 aromatic rings. The summed E-state index contributed by atoms with van der Waals surface area (Å²) in [7, 11) is -0.851. The summed E-state index contributed by atoms with van der Waals surface area (Å²) >= 11 is 7.66. The highest BCUT2D eigenvalue weighted by Gasteiger charge is 2.47. The highest BCUT2D eigenvalue weighted by molar-refractivity contribution is 8.93. The van der Waals surface area contributed by atoms with E-state index in [1.54, 1.807) is 6.07 Å². The monoisotopic (exact) mass is 547 g/mol. The number of para-hydroxylation sites is 1. The normalized spacial score (nSPS) is 21.4. The fourth-order valence-corrected chi connectivity index (χ4v) is 5.94. The molecule has 3 rings (SSSR count). The second-order valence-electron chi connectivity index (χ2n) is 7.40. The quantitative estimate of drug-likeness (QED) is 0.559. The van der Waals surface area contributed by atoms with Crippen molar-refractivity contribution in [2.45, 2.75) is 36.9 Å². The number of sulfonamides is 1. The first-order valence-electron chi connectivity index (χ1n) is 9.62. The molecular formula is C21H27BrClN3O3S2. The van der Waals surface area contributed by atoms with Crippen molar-refractivity contribution in [1.29, 1.82) is 0 Å². The molecule has 2 aromatic carbocycles. The Morgan fingerprint density at radius 3 is 2.48 bits per heavy atom. The number of halogens is 2. The minimum absolute atomic E-state index is 0. The van der Waals surface area contributed by atoms with Crippen LogP contribution in [0, 0.1) is 0 Å². The number of hydrogen-bond acceptors (Lipinski definition) is 5. The van der Waals surface area contributed by atoms with Crippen LogP contribution in [0.1, 0.15) is 25.8 Å². The lowest BCUT2D eigenvalue weighted by Gasteiger charge is -2.39. The molecule has 1 fully saturated rings. The van der Waals surface area contributed by atoms with Gasteiger partial charge >= 0.3 is 0 Å². The van der Waals surface area contributed by atoms with Crippen molar-refractivity contribution in [3.8, 4) is 0 Å². The first-order valence-corrected chi connectivity index (χ1v) is 12.4. The predicted molar refractivity (Wildman–Crippen MR) is 134 cm³/mol. The zero-order chi connectivity index (χ0) is 22.1. The fraction of sp³-hybridized carbons (Fsp3) is 0.381. The molecule has 6 nitrogen and oxygen atoms in total. The molecule has 1 aliphatic heterocycles. The highest BCUT2D eigenvalue weighted by atomic mass is 79.9. The van der Waals surface area contributed by atoms with Crippen LogP contribution >= 0.6 is 40.3 Å². The molecule has 1 aliphatic rings. The third-order valence-electron chi connectivity index (χ3n) is 5.17. The molecular weight excluding hydrogens is 522 g/mol. The van der Waals surface area contributed by atoms with Crippen molar-refractivity contribution in [2.24, 2.45) is 4.99 Å². The van der Waals surface area contributed by atoms with Crippen molar-refractivity contribution in [1.82, 2.24) is 9.21 Å². The lowest BCUT2D eigenvalue weighted by molar-refractivity contribution is -0.0652. The Balaban J connectivity index is 0.00000341. The van der Waals surface area contributed by atoms with E-state index in [0.29, 0.717) is 16.5 Å². The zero-order valence-corrected chi connectivity index (χ0v) is 21.9. The van der Waals surface area contributed by atoms with Gasteiger partial charge < -0.3 is 10.0 Å². The van der Waals surface area contributed by atoms with E-state index in [9.17, 15) is 13.5 Å². The first kappa shape index (κ1) is 26.2. The smallest absolute Gasteiger partial charge is 0.244 e. The summed E-state index contributed by atoms with van der Waals surface area (Å²) in [5.74, 6) is 0.325. The van der Waals surface area contributed by atoms with Gasteiger partial charge in [0.1, 0.15) is 4.90 Å². The van der Waals surface area contributed by atoms with Crippen molar-refractivity contribution >= 4 is 61.2 Å². The van der Waals surface area contributed by atoms with Gasteiger partial charge in [-0.15, -0.1) is 17.0 Å². The van der Waals surface area contributed by atoms with Crippen LogP contribution in [0.5, 0.6) is 0 Å². The SMILES string of the molecule is Br.CCC(C)N1C(=Nc2ccccc2)SCC1(O)c1ccc(Cl)c(S(=O)(=O)N(C)C)c1. The van der Waals surface area contributed by atoms with Gasteiger partial charge in [0.05, 0.1) is 16.5 Å². The molecule has 0 spiro atoms. The van der Waals surface area contributed by atoms with E-state index in [1.165, 1.54) is 38.0 Å². The van der Waals surface area contributed by atoms with Crippen LogP contribution in [0.15, 0.2) is 58.4 Å². The van der Waals surface area contributed by atoms with Crippen LogP contribution < -0.4 is 0 Å². The number of nitrogens with zero attached hydrogens (tertiary/aromatic N) is 3. The summed E-state index contributed by atoms with van der Waals surface area (Å²) < 4.78 is 26.5. The summed E-state index contributed by atoms with van der Waals surface area (Å²) in [4.78, 5) is 6.59. The maximum atomic E-state index is 12.7. The Labute approximate surface area is 204 Å². The molecule has 170 valence electrons. The zero-order valence-electron chi connectivity index (χ0n) is 17.8. The Morgan fingerprint density at radius 2 is 1.90 bits per heavy atom. The molecule has 0 radical (unpaired) electrons. The predicted octanol–water partition coefficient (Wildman–Crippen LogP) is 4.85. The van der Waals surface area contributed by atoms with Gasteiger partial charge in [0.25, 0.3) is 0 Å². The van der Waals surface area contributed by atoms with Crippen molar-refractivity contribution in [3.63, 3.8) is 0 Å². The van der Waals surface area contributed by atoms with Gasteiger partial charge in [-0.05, 0) is 37.6 Å². The average Bonchev–Trinajstić information content (AvgIpc) is 3.05. The van der Waals surface area contributed by atoms with E-state index in [0.717, 1.165) is 16.4 Å². The highest BCUT2D eigenvalue weighted by Crippen LogP contribution is 2.43. The van der Waals surface area contributed by atoms with Crippen LogP contribution in [0.2, 0.25) is 5.02 Å². The fourth-order valence-electron chi connectivity index (χ4n) is 3.27. The van der Waals surface area contributed by atoms with Gasteiger partial charge in [-0.25, -0.2) is 17.7 Å². The lowest BCUT2D eigenvalue weighted by Crippen LogP contribution is -2.49. The third-order valence-corrected chi connectivity index (χ3v) is 8.56. The summed E-state index contributed by atoms with van der Waals surface area (Å²) in [6, 6.07) is 14.2. The summed E-state index contributed by atoms with van der Waals surface area (Å²) in [6.07, 6.45) is 0.785. The van der Waals surface area contributed by atoms with Gasteiger partial charge in [0.2, 0.25) is 10.0 Å². The van der Waals surface area contributed by atoms with E-state index in [1.807, 2.05) is 49.1 Å². The average molecular weight is 549 g/mol. The largest absolute Gasteiger partial charge is 0.366 e. The molecule has 31 heavy (non-hydrogen) atoms. The summed E-state index contributed by atoms with van der Waals surface area (Å²) in [6.45, 7) is 4.06. The Hall–Kier alpha value is -1.10. The second-order valence-corrected chi connectivity index (χ2v) is 10.9. The molecule has 0 amide bonds. The molecule has 0 aromatic heterocycles. The Kier molecular flexibility index (Phi) is 8.63. The van der Waals surface area contributed by atoms with E-state index in [-0.39, 0.29) is 32.9 Å². The van der Waals surface area contributed by atoms with E-state index in [4.69, 9.17) is 16.6 Å². The maximum absolute atomic E-state index is 12.7. The van der Waals surface area contributed by atoms with Crippen LogP contribution in [-0.2, 0) is 15.7 Å². The molecule has 0 saturated carbocycles. The molecule has 0 bridgehead atoms. The van der Waals surface area contributed by atoms with Crippen molar-refractivity contribution in [2.75, 3.05) is 19.8 Å². The number of thioether (sulfide) groups is 1. The Bertz CT molecular complexity index is 1050. The number of rotatable bonds is 6. The number of amidine groups is 1. The number of benzene rings is 2. The minimum Gasteiger partial charge on any atom is -0.366 e. The van der Waals surface area contributed by atoms with Crippen LogP contribution in [0.25, 0.3) is 0 Å². The summed E-state index contributed by atoms with van der Waals surface area (Å²) in [5, 5.41) is 12.6. The van der Waals surface area contributed by atoms with Gasteiger partial charge in [-0.1, -0.05) is 54.6 Å². The van der Waals surface area contributed by atoms with Crippen molar-refractivity contribution < 1.29 is 13.5 Å². The summed E-state index contributed by atoms with van der Waals surface area (Å²) in [5.41, 5.74) is -0.141. The number of hydrogen-bond donors (Lipinski definition) is 1. The van der Waals surface area contributed by atoms with Crippen LogP contribution in [-0.4, -0.2) is 53.8 Å². The molecule has 1 heterocycles. The van der Waals surface area contributed by atoms with E-state index in [2.05, 4.69) is 0 Å². The first-order chi connectivity index (χ1) is 14.1. The minimum atomic E-state index is -3.76. The number of aliphatic hydroxyl groups is 1. The second kappa shape index (κ2) is 10.2. The van der Waals surface area contributed by atoms with E-state index < -0.39 is 15.7 Å². The van der Waals surface area contributed by atoms with Gasteiger partial charge in [0.15, 0.2) is 10.9 Å². The molecule has 2 atom stereocenters. The van der Waals surface area contributed by atoms with E-state index >= 15 is 0 Å². The van der Waals surface area contributed by atoms with Crippen LogP contribution in [0.3, 0.4) is 0 Å². The van der Waals surface area contributed by atoms with Crippen molar-refractivity contribution in [3.05, 3.63) is 59.1 Å². The maximum Gasteiger partial charge on any atom is 0.244 e. The molecule has 10 heteroatoms. The molecule has 2 unspecified atom stereocenters. The van der Waals surface area contributed by atoms with Gasteiger partial charge in [-0.3, -0.25) is 0 Å². The van der Waals surface area contributed by atoms with Gasteiger partial charge in [-0.2, -0.15) is 0 Å². The molecule has 1 N–H and O–H groups in total.